The summed E-state index contributed by atoms with van der Waals surface area (Å²) in [6.45, 7) is 10.7. The van der Waals surface area contributed by atoms with Crippen LogP contribution < -0.4 is 0 Å². The van der Waals surface area contributed by atoms with Crippen molar-refractivity contribution in [2.24, 2.45) is 17.8 Å². The highest BCUT2D eigenvalue weighted by atomic mass is 16.3. The van der Waals surface area contributed by atoms with Crippen LogP contribution in [0.3, 0.4) is 0 Å². The van der Waals surface area contributed by atoms with Gasteiger partial charge in [0.25, 0.3) is 0 Å². The molecule has 1 heteroatoms. The highest BCUT2D eigenvalue weighted by Gasteiger charge is 2.21. The van der Waals surface area contributed by atoms with Gasteiger partial charge in [0.1, 0.15) is 0 Å². The lowest BCUT2D eigenvalue weighted by atomic mass is 9.84. The lowest BCUT2D eigenvalue weighted by Crippen LogP contribution is -2.28. The van der Waals surface area contributed by atoms with Gasteiger partial charge in [0, 0.05) is 0 Å². The second kappa shape index (κ2) is 4.76. The topological polar surface area (TPSA) is 20.2 Å². The van der Waals surface area contributed by atoms with E-state index < -0.39 is 0 Å². The summed E-state index contributed by atoms with van der Waals surface area (Å²) < 4.78 is 0. The van der Waals surface area contributed by atoms with Crippen molar-refractivity contribution in [1.82, 2.24) is 0 Å². The molecule has 0 radical (unpaired) electrons. The van der Waals surface area contributed by atoms with E-state index in [1.165, 1.54) is 0 Å². The predicted molar refractivity (Wildman–Crippen MR) is 49.5 cm³/mol. The van der Waals surface area contributed by atoms with Crippen LogP contribution in [0.1, 0.15) is 41.0 Å². The molecular formula is C10H22O. The number of rotatable bonds is 4. The predicted octanol–water partition coefficient (Wildman–Crippen LogP) is 2.69. The van der Waals surface area contributed by atoms with Crippen LogP contribution in [0.15, 0.2) is 0 Å². The van der Waals surface area contributed by atoms with Gasteiger partial charge in [0.2, 0.25) is 0 Å². The molecule has 3 unspecified atom stereocenters. The van der Waals surface area contributed by atoms with Crippen LogP contribution >= 0.6 is 0 Å². The van der Waals surface area contributed by atoms with Crippen molar-refractivity contribution in [1.29, 1.82) is 0 Å². The van der Waals surface area contributed by atoms with Crippen LogP contribution in [-0.4, -0.2) is 11.2 Å². The van der Waals surface area contributed by atoms with Crippen LogP contribution in [0, 0.1) is 17.8 Å². The first-order valence-electron chi connectivity index (χ1n) is 4.68. The quantitative estimate of drug-likeness (QED) is 0.667. The smallest absolute Gasteiger partial charge is 0.0591 e. The molecule has 0 aliphatic carbocycles. The Labute approximate surface area is 70.8 Å². The molecule has 0 aromatic rings. The number of hydrogen-bond donors (Lipinski definition) is 1. The summed E-state index contributed by atoms with van der Waals surface area (Å²) in [6.07, 6.45) is 1.02. The SMILES string of the molecule is CCC(C)C(C)C(O)C(C)C. The van der Waals surface area contributed by atoms with Crippen LogP contribution in [0.2, 0.25) is 0 Å². The molecule has 0 spiro atoms. The van der Waals surface area contributed by atoms with Gasteiger partial charge in [0.15, 0.2) is 0 Å². The summed E-state index contributed by atoms with van der Waals surface area (Å²) in [5.41, 5.74) is 0. The molecule has 0 aromatic carbocycles. The molecule has 0 bridgehead atoms. The van der Waals surface area contributed by atoms with Crippen molar-refractivity contribution in [2.75, 3.05) is 0 Å². The van der Waals surface area contributed by atoms with Crippen molar-refractivity contribution >= 4 is 0 Å². The molecule has 0 saturated carbocycles. The number of aliphatic hydroxyl groups is 1. The van der Waals surface area contributed by atoms with E-state index in [9.17, 15) is 5.11 Å². The molecule has 0 aliphatic heterocycles. The maximum atomic E-state index is 9.70. The van der Waals surface area contributed by atoms with Crippen molar-refractivity contribution in [3.63, 3.8) is 0 Å². The molecule has 0 aromatic heterocycles. The van der Waals surface area contributed by atoms with Crippen LogP contribution in [0.5, 0.6) is 0 Å². The Bertz CT molecular complexity index is 99.0. The Morgan fingerprint density at radius 3 is 1.82 bits per heavy atom. The number of hydrogen-bond acceptors (Lipinski definition) is 1. The van der Waals surface area contributed by atoms with E-state index in [0.717, 1.165) is 6.42 Å². The lowest BCUT2D eigenvalue weighted by Gasteiger charge is -2.26. The molecule has 1 N–H and O–H groups in total. The Morgan fingerprint density at radius 1 is 1.09 bits per heavy atom. The zero-order valence-corrected chi connectivity index (χ0v) is 8.46. The standard InChI is InChI=1S/C10H22O/c1-6-8(4)9(5)10(11)7(2)3/h7-11H,6H2,1-5H3. The normalized spacial score (nSPS) is 19.9. The highest BCUT2D eigenvalue weighted by Crippen LogP contribution is 2.22. The van der Waals surface area contributed by atoms with Crippen LogP contribution in [0.4, 0.5) is 0 Å². The summed E-state index contributed by atoms with van der Waals surface area (Å²) in [6, 6.07) is 0. The third-order valence-electron chi connectivity index (χ3n) is 2.76. The maximum Gasteiger partial charge on any atom is 0.0591 e. The van der Waals surface area contributed by atoms with E-state index in [4.69, 9.17) is 0 Å². The highest BCUT2D eigenvalue weighted by molar-refractivity contribution is 4.71. The molecular weight excluding hydrogens is 136 g/mol. The lowest BCUT2D eigenvalue weighted by molar-refractivity contribution is 0.0470. The summed E-state index contributed by atoms with van der Waals surface area (Å²) in [5, 5.41) is 9.70. The van der Waals surface area contributed by atoms with Crippen molar-refractivity contribution in [2.45, 2.75) is 47.1 Å². The molecule has 0 aliphatic rings. The van der Waals surface area contributed by atoms with Crippen molar-refractivity contribution in [3.05, 3.63) is 0 Å². The zero-order valence-electron chi connectivity index (χ0n) is 8.46. The molecule has 0 heterocycles. The molecule has 0 fully saturated rings. The van der Waals surface area contributed by atoms with Gasteiger partial charge in [-0.1, -0.05) is 41.0 Å². The molecule has 0 saturated heterocycles. The monoisotopic (exact) mass is 158 g/mol. The van der Waals surface area contributed by atoms with E-state index in [1.807, 2.05) is 0 Å². The first kappa shape index (κ1) is 11.0. The summed E-state index contributed by atoms with van der Waals surface area (Å²) in [4.78, 5) is 0. The van der Waals surface area contributed by atoms with Gasteiger partial charge in [0.05, 0.1) is 6.10 Å². The van der Waals surface area contributed by atoms with E-state index in [-0.39, 0.29) is 6.10 Å². The average Bonchev–Trinajstić information content (AvgIpc) is 2.00. The maximum absolute atomic E-state index is 9.70. The first-order valence-corrected chi connectivity index (χ1v) is 4.68. The minimum Gasteiger partial charge on any atom is -0.393 e. The van der Waals surface area contributed by atoms with Gasteiger partial charge in [-0.2, -0.15) is 0 Å². The van der Waals surface area contributed by atoms with Crippen LogP contribution in [-0.2, 0) is 0 Å². The minimum absolute atomic E-state index is 0.134. The van der Waals surface area contributed by atoms with E-state index >= 15 is 0 Å². The number of aliphatic hydroxyl groups excluding tert-OH is 1. The molecule has 11 heavy (non-hydrogen) atoms. The fraction of sp³-hybridized carbons (Fsp3) is 1.00. The van der Waals surface area contributed by atoms with Crippen LogP contribution in [0.25, 0.3) is 0 Å². The molecule has 3 atom stereocenters. The largest absolute Gasteiger partial charge is 0.393 e. The van der Waals surface area contributed by atoms with E-state index in [1.54, 1.807) is 0 Å². The molecule has 1 nitrogen and oxygen atoms in total. The fourth-order valence-electron chi connectivity index (χ4n) is 1.32. The third kappa shape index (κ3) is 3.24. The van der Waals surface area contributed by atoms with Gasteiger partial charge < -0.3 is 5.11 Å². The average molecular weight is 158 g/mol. The van der Waals surface area contributed by atoms with Gasteiger partial charge in [-0.15, -0.1) is 0 Å². The van der Waals surface area contributed by atoms with Crippen molar-refractivity contribution in [3.8, 4) is 0 Å². The molecule has 0 amide bonds. The Balaban J connectivity index is 3.90. The Morgan fingerprint density at radius 2 is 1.55 bits per heavy atom. The molecule has 0 rings (SSSR count). The van der Waals surface area contributed by atoms with Gasteiger partial charge in [-0.25, -0.2) is 0 Å². The Hall–Kier alpha value is -0.0400. The molecule has 68 valence electrons. The Kier molecular flexibility index (Phi) is 4.74. The minimum atomic E-state index is -0.134. The second-order valence-corrected chi connectivity index (χ2v) is 3.98. The van der Waals surface area contributed by atoms with Gasteiger partial charge in [-0.3, -0.25) is 0 Å². The third-order valence-corrected chi connectivity index (χ3v) is 2.76. The zero-order chi connectivity index (χ0) is 9.02. The van der Waals surface area contributed by atoms with E-state index in [2.05, 4.69) is 34.6 Å². The van der Waals surface area contributed by atoms with Gasteiger partial charge in [-0.05, 0) is 17.8 Å². The van der Waals surface area contributed by atoms with E-state index in [0.29, 0.717) is 17.8 Å². The second-order valence-electron chi connectivity index (χ2n) is 3.98. The van der Waals surface area contributed by atoms with Gasteiger partial charge >= 0.3 is 0 Å². The summed E-state index contributed by atoms with van der Waals surface area (Å²) >= 11 is 0. The summed E-state index contributed by atoms with van der Waals surface area (Å²) in [5.74, 6) is 1.45. The van der Waals surface area contributed by atoms with Crippen molar-refractivity contribution < 1.29 is 5.11 Å². The fourth-order valence-corrected chi connectivity index (χ4v) is 1.32. The first-order chi connectivity index (χ1) is 5.00. The summed E-state index contributed by atoms with van der Waals surface area (Å²) in [7, 11) is 0.